The van der Waals surface area contributed by atoms with Crippen LogP contribution in [0.4, 0.5) is 5.69 Å². The van der Waals surface area contributed by atoms with Crippen molar-refractivity contribution in [3.63, 3.8) is 0 Å². The van der Waals surface area contributed by atoms with E-state index >= 15 is 0 Å². The third-order valence-electron chi connectivity index (χ3n) is 2.51. The number of rotatable bonds is 3. The Kier molecular flexibility index (Phi) is 3.20. The lowest BCUT2D eigenvalue weighted by molar-refractivity contribution is 0.368. The van der Waals surface area contributed by atoms with Gasteiger partial charge in [0.1, 0.15) is 11.8 Å². The largest absolute Gasteiger partial charge is 0.479 e. The highest BCUT2D eigenvalue weighted by atomic mass is 32.2. The van der Waals surface area contributed by atoms with Gasteiger partial charge in [0, 0.05) is 12.6 Å². The Morgan fingerprint density at radius 2 is 2.29 bits per heavy atom. The summed E-state index contributed by atoms with van der Waals surface area (Å²) in [5, 5.41) is 8.41. The van der Waals surface area contributed by atoms with Crippen molar-refractivity contribution in [1.82, 2.24) is 0 Å². The standard InChI is InChI=1S/C11H12N2O3S/c12-5-7-16-11-4-1-3-10(9-11)13-6-2-8-17(13,14)15/h1,3-4,9H,2,6-8H2. The smallest absolute Gasteiger partial charge is 0.235 e. The van der Waals surface area contributed by atoms with Crippen LogP contribution in [0.3, 0.4) is 0 Å². The number of hydrogen-bond acceptors (Lipinski definition) is 4. The molecule has 1 aliphatic heterocycles. The molecule has 1 fully saturated rings. The topological polar surface area (TPSA) is 70.4 Å². The molecule has 1 aliphatic rings. The van der Waals surface area contributed by atoms with E-state index in [-0.39, 0.29) is 12.4 Å². The first-order chi connectivity index (χ1) is 8.13. The minimum Gasteiger partial charge on any atom is -0.479 e. The minimum atomic E-state index is -3.16. The normalized spacial score (nSPS) is 17.7. The Morgan fingerprint density at radius 1 is 1.47 bits per heavy atom. The number of ether oxygens (including phenoxy) is 1. The van der Waals surface area contributed by atoms with E-state index in [9.17, 15) is 8.42 Å². The molecule has 17 heavy (non-hydrogen) atoms. The van der Waals surface area contributed by atoms with Gasteiger partial charge in [-0.25, -0.2) is 8.42 Å². The monoisotopic (exact) mass is 252 g/mol. The Balaban J connectivity index is 2.25. The van der Waals surface area contributed by atoms with Gasteiger partial charge in [-0.2, -0.15) is 5.26 Å². The van der Waals surface area contributed by atoms with Gasteiger partial charge in [-0.3, -0.25) is 4.31 Å². The van der Waals surface area contributed by atoms with E-state index in [4.69, 9.17) is 10.00 Å². The average Bonchev–Trinajstić information content (AvgIpc) is 2.67. The summed E-state index contributed by atoms with van der Waals surface area (Å²) in [5.41, 5.74) is 0.595. The van der Waals surface area contributed by atoms with E-state index in [1.165, 1.54) is 4.31 Å². The van der Waals surface area contributed by atoms with Crippen LogP contribution in [0.15, 0.2) is 24.3 Å². The number of hydrogen-bond donors (Lipinski definition) is 0. The third-order valence-corrected chi connectivity index (χ3v) is 4.38. The lowest BCUT2D eigenvalue weighted by Crippen LogP contribution is -2.24. The van der Waals surface area contributed by atoms with Crippen molar-refractivity contribution >= 4 is 15.7 Å². The fourth-order valence-electron chi connectivity index (χ4n) is 1.77. The summed E-state index contributed by atoms with van der Waals surface area (Å²) in [6.45, 7) is 0.459. The van der Waals surface area contributed by atoms with Crippen molar-refractivity contribution in [2.24, 2.45) is 0 Å². The van der Waals surface area contributed by atoms with Gasteiger partial charge >= 0.3 is 0 Å². The Hall–Kier alpha value is -1.74. The molecular weight excluding hydrogens is 240 g/mol. The van der Waals surface area contributed by atoms with Crippen LogP contribution in [0.2, 0.25) is 0 Å². The van der Waals surface area contributed by atoms with Gasteiger partial charge in [0.2, 0.25) is 10.0 Å². The van der Waals surface area contributed by atoms with E-state index < -0.39 is 10.0 Å². The van der Waals surface area contributed by atoms with Crippen molar-refractivity contribution in [3.8, 4) is 11.8 Å². The molecule has 0 atom stereocenters. The van der Waals surface area contributed by atoms with E-state index in [0.29, 0.717) is 24.4 Å². The molecule has 5 nitrogen and oxygen atoms in total. The van der Waals surface area contributed by atoms with Crippen LogP contribution in [0.5, 0.6) is 5.75 Å². The van der Waals surface area contributed by atoms with Gasteiger partial charge in [0.15, 0.2) is 6.61 Å². The number of nitrogens with zero attached hydrogens (tertiary/aromatic N) is 2. The van der Waals surface area contributed by atoms with Crippen LogP contribution in [-0.4, -0.2) is 27.3 Å². The van der Waals surface area contributed by atoms with Crippen LogP contribution in [0.1, 0.15) is 6.42 Å². The van der Waals surface area contributed by atoms with E-state index in [1.54, 1.807) is 24.3 Å². The molecule has 1 heterocycles. The Morgan fingerprint density at radius 3 is 2.94 bits per heavy atom. The van der Waals surface area contributed by atoms with Crippen molar-refractivity contribution in [3.05, 3.63) is 24.3 Å². The molecule has 1 aromatic rings. The SMILES string of the molecule is N#CCOc1cccc(N2CCCS2(=O)=O)c1. The third kappa shape index (κ3) is 2.50. The molecule has 0 unspecified atom stereocenters. The van der Waals surface area contributed by atoms with Gasteiger partial charge in [-0.05, 0) is 18.6 Å². The molecular formula is C11H12N2O3S. The first-order valence-electron chi connectivity index (χ1n) is 5.24. The van der Waals surface area contributed by atoms with Crippen LogP contribution in [-0.2, 0) is 10.0 Å². The summed E-state index contributed by atoms with van der Waals surface area (Å²) < 4.78 is 30.0. The summed E-state index contributed by atoms with van der Waals surface area (Å²) in [6.07, 6.45) is 0.644. The van der Waals surface area contributed by atoms with Gasteiger partial charge in [-0.15, -0.1) is 0 Å². The predicted octanol–water partition coefficient (Wildman–Crippen LogP) is 1.13. The lowest BCUT2D eigenvalue weighted by Gasteiger charge is -2.17. The molecule has 0 aliphatic carbocycles. The summed E-state index contributed by atoms with van der Waals surface area (Å²) in [6, 6.07) is 8.65. The highest BCUT2D eigenvalue weighted by Gasteiger charge is 2.28. The maximum Gasteiger partial charge on any atom is 0.235 e. The molecule has 2 rings (SSSR count). The van der Waals surface area contributed by atoms with Crippen molar-refractivity contribution in [2.45, 2.75) is 6.42 Å². The number of nitriles is 1. The second-order valence-electron chi connectivity index (χ2n) is 3.69. The first-order valence-corrected chi connectivity index (χ1v) is 6.84. The van der Waals surface area contributed by atoms with Crippen LogP contribution in [0.25, 0.3) is 0 Å². The van der Waals surface area contributed by atoms with E-state index in [1.807, 2.05) is 6.07 Å². The van der Waals surface area contributed by atoms with Crippen molar-refractivity contribution in [2.75, 3.05) is 23.2 Å². The molecule has 0 saturated carbocycles. The molecule has 6 heteroatoms. The minimum absolute atomic E-state index is 0.0454. The fraction of sp³-hybridized carbons (Fsp3) is 0.364. The summed E-state index contributed by atoms with van der Waals surface area (Å²) in [4.78, 5) is 0. The summed E-state index contributed by atoms with van der Waals surface area (Å²) >= 11 is 0. The second-order valence-corrected chi connectivity index (χ2v) is 5.70. The molecule has 0 spiro atoms. The van der Waals surface area contributed by atoms with Crippen molar-refractivity contribution in [1.29, 1.82) is 5.26 Å². The molecule has 0 bridgehead atoms. The zero-order valence-corrected chi connectivity index (χ0v) is 9.98. The molecule has 1 aromatic carbocycles. The molecule has 90 valence electrons. The predicted molar refractivity (Wildman–Crippen MR) is 63.3 cm³/mol. The van der Waals surface area contributed by atoms with Gasteiger partial charge < -0.3 is 4.74 Å². The van der Waals surface area contributed by atoms with Crippen LogP contribution >= 0.6 is 0 Å². The summed E-state index contributed by atoms with van der Waals surface area (Å²) in [5.74, 6) is 0.696. The highest BCUT2D eigenvalue weighted by molar-refractivity contribution is 7.93. The van der Waals surface area contributed by atoms with E-state index in [0.717, 1.165) is 0 Å². The quantitative estimate of drug-likeness (QED) is 0.808. The van der Waals surface area contributed by atoms with Crippen LogP contribution < -0.4 is 9.04 Å². The fourth-order valence-corrected chi connectivity index (χ4v) is 3.33. The Labute approximate surface area is 100 Å². The molecule has 1 saturated heterocycles. The second kappa shape index (κ2) is 4.63. The maximum absolute atomic E-state index is 11.7. The van der Waals surface area contributed by atoms with Gasteiger partial charge in [-0.1, -0.05) is 6.07 Å². The number of benzene rings is 1. The number of anilines is 1. The average molecular weight is 252 g/mol. The van der Waals surface area contributed by atoms with Crippen molar-refractivity contribution < 1.29 is 13.2 Å². The highest BCUT2D eigenvalue weighted by Crippen LogP contribution is 2.27. The molecule has 0 radical (unpaired) electrons. The van der Waals surface area contributed by atoms with E-state index in [2.05, 4.69) is 0 Å². The molecule has 0 amide bonds. The lowest BCUT2D eigenvalue weighted by atomic mass is 10.3. The zero-order valence-electron chi connectivity index (χ0n) is 9.17. The Bertz CT molecular complexity index is 548. The number of sulfonamides is 1. The van der Waals surface area contributed by atoms with Gasteiger partial charge in [0.25, 0.3) is 0 Å². The van der Waals surface area contributed by atoms with Crippen LogP contribution in [0, 0.1) is 11.3 Å². The zero-order chi connectivity index (χ0) is 12.3. The molecule has 0 N–H and O–H groups in total. The van der Waals surface area contributed by atoms with Gasteiger partial charge in [0.05, 0.1) is 11.4 Å². The summed E-state index contributed by atoms with van der Waals surface area (Å²) in [7, 11) is -3.16. The first kappa shape index (κ1) is 11.7. The maximum atomic E-state index is 11.7. The molecule has 0 aromatic heterocycles.